The lowest BCUT2D eigenvalue weighted by Crippen LogP contribution is -2.26. The van der Waals surface area contributed by atoms with Gasteiger partial charge in [-0.15, -0.1) is 0 Å². The normalized spacial score (nSPS) is 11.5. The molecule has 0 aliphatic carbocycles. The third-order valence-corrected chi connectivity index (χ3v) is 2.39. The van der Waals surface area contributed by atoms with E-state index in [1.54, 1.807) is 31.2 Å². The summed E-state index contributed by atoms with van der Waals surface area (Å²) in [5.74, 6) is -0.371. The number of carbonyl (C=O) groups excluding carboxylic acids is 2. The van der Waals surface area contributed by atoms with E-state index in [1.807, 2.05) is 0 Å². The van der Waals surface area contributed by atoms with Gasteiger partial charge in [-0.25, -0.2) is 4.79 Å². The van der Waals surface area contributed by atoms with Crippen molar-refractivity contribution in [3.63, 3.8) is 0 Å². The molecule has 2 amide bonds. The topological polar surface area (TPSA) is 93.5 Å². The van der Waals surface area contributed by atoms with Gasteiger partial charge in [-0.1, -0.05) is 6.92 Å². The molecule has 1 rings (SSSR count). The summed E-state index contributed by atoms with van der Waals surface area (Å²) in [4.78, 5) is 22.5. The zero-order chi connectivity index (χ0) is 13.5. The van der Waals surface area contributed by atoms with Crippen LogP contribution in [0.15, 0.2) is 24.3 Å². The molecule has 98 valence electrons. The lowest BCUT2D eigenvalue weighted by atomic mass is 10.1. The first-order chi connectivity index (χ1) is 8.56. The standard InChI is InChI=1S/C12H17N3O3/c1-8(7-13)11(16)14-9-3-5-10(6-4-9)15-12(17)18-2/h3-6,8H,7,13H2,1-2H3,(H,14,16)(H,15,17). The first-order valence-corrected chi connectivity index (χ1v) is 5.52. The van der Waals surface area contributed by atoms with Gasteiger partial charge in [-0.2, -0.15) is 0 Å². The van der Waals surface area contributed by atoms with E-state index in [0.29, 0.717) is 17.9 Å². The van der Waals surface area contributed by atoms with Crippen molar-refractivity contribution in [3.8, 4) is 0 Å². The predicted octanol–water partition coefficient (Wildman–Crippen LogP) is 1.40. The van der Waals surface area contributed by atoms with Crippen LogP contribution in [0, 0.1) is 5.92 Å². The molecule has 0 spiro atoms. The molecule has 0 aromatic heterocycles. The molecule has 18 heavy (non-hydrogen) atoms. The number of nitrogens with one attached hydrogen (secondary N) is 2. The predicted molar refractivity (Wildman–Crippen MR) is 69.3 cm³/mol. The summed E-state index contributed by atoms with van der Waals surface area (Å²) in [7, 11) is 1.29. The number of amides is 2. The number of anilines is 2. The summed E-state index contributed by atoms with van der Waals surface area (Å²) in [6, 6.07) is 6.71. The summed E-state index contributed by atoms with van der Waals surface area (Å²) in [5.41, 5.74) is 6.64. The average molecular weight is 251 g/mol. The van der Waals surface area contributed by atoms with Crippen molar-refractivity contribution in [1.29, 1.82) is 0 Å². The molecule has 1 unspecified atom stereocenters. The van der Waals surface area contributed by atoms with Gasteiger partial charge in [0, 0.05) is 23.8 Å². The Hall–Kier alpha value is -2.08. The molecule has 1 atom stereocenters. The van der Waals surface area contributed by atoms with Crippen molar-refractivity contribution in [2.45, 2.75) is 6.92 Å². The molecule has 0 heterocycles. The van der Waals surface area contributed by atoms with Crippen LogP contribution in [0.25, 0.3) is 0 Å². The molecule has 6 nitrogen and oxygen atoms in total. The number of carbonyl (C=O) groups is 2. The molecule has 0 saturated carbocycles. The second-order valence-corrected chi connectivity index (χ2v) is 3.82. The van der Waals surface area contributed by atoms with Gasteiger partial charge in [-0.05, 0) is 24.3 Å². The Morgan fingerprint density at radius 3 is 2.17 bits per heavy atom. The van der Waals surface area contributed by atoms with Gasteiger partial charge in [-0.3, -0.25) is 10.1 Å². The smallest absolute Gasteiger partial charge is 0.411 e. The molecule has 0 radical (unpaired) electrons. The average Bonchev–Trinajstić information content (AvgIpc) is 2.39. The molecule has 1 aromatic rings. The zero-order valence-corrected chi connectivity index (χ0v) is 10.4. The lowest BCUT2D eigenvalue weighted by Gasteiger charge is -2.10. The number of rotatable bonds is 4. The van der Waals surface area contributed by atoms with Crippen molar-refractivity contribution in [3.05, 3.63) is 24.3 Å². The van der Waals surface area contributed by atoms with Crippen molar-refractivity contribution in [2.75, 3.05) is 24.3 Å². The number of hydrogen-bond acceptors (Lipinski definition) is 4. The van der Waals surface area contributed by atoms with Crippen LogP contribution in [-0.4, -0.2) is 25.7 Å². The second kappa shape index (κ2) is 6.61. The Labute approximate surface area is 105 Å². The van der Waals surface area contributed by atoms with Crippen LogP contribution < -0.4 is 16.4 Å². The first kappa shape index (κ1) is 14.0. The van der Waals surface area contributed by atoms with Crippen LogP contribution in [0.3, 0.4) is 0 Å². The molecule has 0 aliphatic heterocycles. The van der Waals surface area contributed by atoms with Crippen LogP contribution in [0.1, 0.15) is 6.92 Å². The van der Waals surface area contributed by atoms with Crippen LogP contribution in [0.4, 0.5) is 16.2 Å². The maximum Gasteiger partial charge on any atom is 0.411 e. The Morgan fingerprint density at radius 1 is 1.22 bits per heavy atom. The van der Waals surface area contributed by atoms with Gasteiger partial charge < -0.3 is 15.8 Å². The largest absolute Gasteiger partial charge is 0.453 e. The van der Waals surface area contributed by atoms with E-state index in [4.69, 9.17) is 5.73 Å². The third-order valence-electron chi connectivity index (χ3n) is 2.39. The molecular formula is C12H17N3O3. The molecule has 0 saturated heterocycles. The summed E-state index contributed by atoms with van der Waals surface area (Å²) in [5, 5.41) is 5.24. The number of benzene rings is 1. The SMILES string of the molecule is COC(=O)Nc1ccc(NC(=O)C(C)CN)cc1. The van der Waals surface area contributed by atoms with Gasteiger partial charge in [0.2, 0.25) is 5.91 Å². The van der Waals surface area contributed by atoms with E-state index in [2.05, 4.69) is 15.4 Å². The highest BCUT2D eigenvalue weighted by atomic mass is 16.5. The molecule has 1 aromatic carbocycles. The summed E-state index contributed by atoms with van der Waals surface area (Å²) in [6.07, 6.45) is -0.538. The minimum Gasteiger partial charge on any atom is -0.453 e. The van der Waals surface area contributed by atoms with Crippen molar-refractivity contribution < 1.29 is 14.3 Å². The van der Waals surface area contributed by atoms with Gasteiger partial charge in [0.05, 0.1) is 7.11 Å². The first-order valence-electron chi connectivity index (χ1n) is 5.52. The van der Waals surface area contributed by atoms with E-state index in [1.165, 1.54) is 7.11 Å². The third kappa shape index (κ3) is 4.06. The molecule has 4 N–H and O–H groups in total. The lowest BCUT2D eigenvalue weighted by molar-refractivity contribution is -0.119. The monoisotopic (exact) mass is 251 g/mol. The number of ether oxygens (including phenoxy) is 1. The summed E-state index contributed by atoms with van der Waals surface area (Å²) < 4.78 is 4.46. The Balaban J connectivity index is 2.60. The maximum absolute atomic E-state index is 11.6. The van der Waals surface area contributed by atoms with E-state index >= 15 is 0 Å². The fraction of sp³-hybridized carbons (Fsp3) is 0.333. The van der Waals surface area contributed by atoms with Gasteiger partial charge in [0.25, 0.3) is 0 Å². The number of methoxy groups -OCH3 is 1. The maximum atomic E-state index is 11.6. The van der Waals surface area contributed by atoms with Crippen LogP contribution in [0.5, 0.6) is 0 Å². The Kier molecular flexibility index (Phi) is 5.13. The highest BCUT2D eigenvalue weighted by Crippen LogP contribution is 2.14. The molecule has 0 aliphatic rings. The van der Waals surface area contributed by atoms with E-state index in [0.717, 1.165) is 0 Å². The van der Waals surface area contributed by atoms with Gasteiger partial charge in [0.1, 0.15) is 0 Å². The number of nitrogens with two attached hydrogens (primary N) is 1. The summed E-state index contributed by atoms with van der Waals surface area (Å²) >= 11 is 0. The fourth-order valence-corrected chi connectivity index (χ4v) is 1.18. The molecule has 6 heteroatoms. The van der Waals surface area contributed by atoms with Crippen LogP contribution in [0.2, 0.25) is 0 Å². The minimum atomic E-state index is -0.538. The van der Waals surface area contributed by atoms with Crippen LogP contribution in [-0.2, 0) is 9.53 Å². The second-order valence-electron chi connectivity index (χ2n) is 3.82. The van der Waals surface area contributed by atoms with E-state index < -0.39 is 6.09 Å². The van der Waals surface area contributed by atoms with Gasteiger partial charge in [0.15, 0.2) is 0 Å². The Bertz CT molecular complexity index is 417. The van der Waals surface area contributed by atoms with Crippen molar-refractivity contribution in [1.82, 2.24) is 0 Å². The van der Waals surface area contributed by atoms with Crippen LogP contribution >= 0.6 is 0 Å². The quantitative estimate of drug-likeness (QED) is 0.754. The van der Waals surface area contributed by atoms with Crippen molar-refractivity contribution >= 4 is 23.4 Å². The highest BCUT2D eigenvalue weighted by Gasteiger charge is 2.10. The number of hydrogen-bond donors (Lipinski definition) is 3. The Morgan fingerprint density at radius 2 is 1.72 bits per heavy atom. The molecular weight excluding hydrogens is 234 g/mol. The summed E-state index contributed by atoms with van der Waals surface area (Å²) in [6.45, 7) is 2.05. The van der Waals surface area contributed by atoms with Crippen molar-refractivity contribution in [2.24, 2.45) is 11.7 Å². The zero-order valence-electron chi connectivity index (χ0n) is 10.4. The molecule has 0 bridgehead atoms. The van der Waals surface area contributed by atoms with Gasteiger partial charge >= 0.3 is 6.09 Å². The molecule has 0 fully saturated rings. The highest BCUT2D eigenvalue weighted by molar-refractivity contribution is 5.93. The van der Waals surface area contributed by atoms with E-state index in [-0.39, 0.29) is 11.8 Å². The fourth-order valence-electron chi connectivity index (χ4n) is 1.18. The minimum absolute atomic E-state index is 0.133. The van der Waals surface area contributed by atoms with E-state index in [9.17, 15) is 9.59 Å².